The number of amides is 1. The summed E-state index contributed by atoms with van der Waals surface area (Å²) in [4.78, 5) is 22.0. The lowest BCUT2D eigenvalue weighted by atomic mass is 10.1. The predicted molar refractivity (Wildman–Crippen MR) is 74.7 cm³/mol. The molecule has 1 aromatic heterocycles. The normalized spacial score (nSPS) is 11.8. The fraction of sp³-hybridized carbons (Fsp3) is 0.154. The van der Waals surface area contributed by atoms with Crippen LogP contribution in [0.4, 0.5) is 5.00 Å². The molecule has 0 saturated heterocycles. The molecule has 0 radical (unpaired) electrons. The van der Waals surface area contributed by atoms with E-state index in [0.717, 1.165) is 11.3 Å². The lowest BCUT2D eigenvalue weighted by Gasteiger charge is -2.11. The third-order valence-corrected chi connectivity index (χ3v) is 3.67. The Kier molecular flexibility index (Phi) is 4.44. The van der Waals surface area contributed by atoms with Crippen molar-refractivity contribution in [2.45, 2.75) is 6.10 Å². The molecule has 0 bridgehead atoms. The van der Waals surface area contributed by atoms with Crippen LogP contribution in [0.1, 0.15) is 21.3 Å². The number of benzene rings is 1. The van der Waals surface area contributed by atoms with Crippen LogP contribution in [0.5, 0.6) is 0 Å². The van der Waals surface area contributed by atoms with Crippen LogP contribution in [-0.4, -0.2) is 22.5 Å². The zero-order valence-corrected chi connectivity index (χ0v) is 11.2. The average molecular weight is 292 g/mol. The highest BCUT2D eigenvalue weighted by Crippen LogP contribution is 2.23. The molecule has 2 aromatic rings. The Morgan fingerprint density at radius 1 is 1.30 bits per heavy atom. The van der Waals surface area contributed by atoms with Crippen molar-refractivity contribution in [2.24, 2.45) is 0 Å². The summed E-state index contributed by atoms with van der Waals surface area (Å²) < 4.78 is 0. The minimum Gasteiger partial charge on any atom is -0.387 e. The van der Waals surface area contributed by atoms with E-state index in [-0.39, 0.29) is 16.4 Å². The number of hydrogen-bond acceptors (Lipinski definition) is 5. The molecule has 2 N–H and O–H groups in total. The summed E-state index contributed by atoms with van der Waals surface area (Å²) in [5.41, 5.74) is 0.699. The predicted octanol–water partition coefficient (Wildman–Crippen LogP) is 2.12. The quantitative estimate of drug-likeness (QED) is 0.652. The Morgan fingerprint density at radius 3 is 2.60 bits per heavy atom. The standard InChI is InChI=1S/C13H12N2O4S/c16-10(9-4-2-1-3-5-9)8-14-13(17)11-6-7-12(20-11)15(18)19/h1-7,10,16H,8H2,(H,14,17). The smallest absolute Gasteiger partial charge is 0.324 e. The second-order valence-corrected chi connectivity index (χ2v) is 5.09. The van der Waals surface area contributed by atoms with Gasteiger partial charge in [-0.25, -0.2) is 0 Å². The zero-order valence-electron chi connectivity index (χ0n) is 10.4. The van der Waals surface area contributed by atoms with E-state index in [2.05, 4.69) is 5.32 Å². The van der Waals surface area contributed by atoms with E-state index >= 15 is 0 Å². The molecule has 1 unspecified atom stereocenters. The van der Waals surface area contributed by atoms with Gasteiger partial charge in [-0.1, -0.05) is 41.7 Å². The number of rotatable bonds is 5. The number of thiophene rings is 1. The topological polar surface area (TPSA) is 92.5 Å². The van der Waals surface area contributed by atoms with E-state index in [1.54, 1.807) is 24.3 Å². The van der Waals surface area contributed by atoms with Crippen LogP contribution in [0.25, 0.3) is 0 Å². The average Bonchev–Trinajstić information content (AvgIpc) is 2.95. The zero-order chi connectivity index (χ0) is 14.5. The molecule has 6 nitrogen and oxygen atoms in total. The van der Waals surface area contributed by atoms with Gasteiger partial charge >= 0.3 is 5.00 Å². The summed E-state index contributed by atoms with van der Waals surface area (Å²) in [6.07, 6.45) is -0.810. The van der Waals surface area contributed by atoms with Gasteiger partial charge in [-0.3, -0.25) is 14.9 Å². The van der Waals surface area contributed by atoms with Crippen LogP contribution in [0.15, 0.2) is 42.5 Å². The molecule has 7 heteroatoms. The number of carbonyl (C=O) groups is 1. The minimum atomic E-state index is -0.810. The van der Waals surface area contributed by atoms with Crippen LogP contribution < -0.4 is 5.32 Å². The molecule has 0 spiro atoms. The van der Waals surface area contributed by atoms with Gasteiger partial charge in [-0.15, -0.1) is 0 Å². The second kappa shape index (κ2) is 6.27. The van der Waals surface area contributed by atoms with Gasteiger partial charge in [0.05, 0.1) is 15.9 Å². The summed E-state index contributed by atoms with van der Waals surface area (Å²) in [5, 5.41) is 22.9. The summed E-state index contributed by atoms with van der Waals surface area (Å²) in [6, 6.07) is 11.6. The lowest BCUT2D eigenvalue weighted by molar-refractivity contribution is -0.380. The molecule has 1 heterocycles. The summed E-state index contributed by atoms with van der Waals surface area (Å²) in [6.45, 7) is 0.0501. The monoisotopic (exact) mass is 292 g/mol. The molecule has 1 atom stereocenters. The number of carbonyl (C=O) groups excluding carboxylic acids is 1. The minimum absolute atomic E-state index is 0.0501. The highest BCUT2D eigenvalue weighted by atomic mass is 32.1. The van der Waals surface area contributed by atoms with Crippen LogP contribution in [-0.2, 0) is 0 Å². The molecular weight excluding hydrogens is 280 g/mol. The van der Waals surface area contributed by atoms with Gasteiger partial charge in [0.15, 0.2) is 0 Å². The molecule has 1 aromatic carbocycles. The number of hydrogen-bond donors (Lipinski definition) is 2. The van der Waals surface area contributed by atoms with E-state index in [1.165, 1.54) is 12.1 Å². The summed E-state index contributed by atoms with van der Waals surface area (Å²) in [5.74, 6) is -0.432. The van der Waals surface area contributed by atoms with Gasteiger partial charge in [-0.2, -0.15) is 0 Å². The molecule has 2 rings (SSSR count). The Balaban J connectivity index is 1.93. The molecule has 1 amide bonds. The van der Waals surface area contributed by atoms with Crippen LogP contribution >= 0.6 is 11.3 Å². The van der Waals surface area contributed by atoms with Crippen molar-refractivity contribution in [1.82, 2.24) is 5.32 Å². The van der Waals surface area contributed by atoms with Gasteiger partial charge in [0.25, 0.3) is 5.91 Å². The van der Waals surface area contributed by atoms with Crippen molar-refractivity contribution in [3.05, 3.63) is 63.0 Å². The highest BCUT2D eigenvalue weighted by molar-refractivity contribution is 7.17. The van der Waals surface area contributed by atoms with Crippen molar-refractivity contribution in [3.8, 4) is 0 Å². The second-order valence-electron chi connectivity index (χ2n) is 4.03. The highest BCUT2D eigenvalue weighted by Gasteiger charge is 2.16. The molecule has 0 aliphatic carbocycles. The maximum absolute atomic E-state index is 11.8. The molecule has 0 fully saturated rings. The van der Waals surface area contributed by atoms with Crippen molar-refractivity contribution < 1.29 is 14.8 Å². The van der Waals surface area contributed by atoms with Gasteiger partial charge in [-0.05, 0) is 11.6 Å². The van der Waals surface area contributed by atoms with Gasteiger partial charge in [0.1, 0.15) is 0 Å². The van der Waals surface area contributed by atoms with Crippen LogP contribution in [0.3, 0.4) is 0 Å². The van der Waals surface area contributed by atoms with E-state index < -0.39 is 16.9 Å². The fourth-order valence-electron chi connectivity index (χ4n) is 1.62. The molecule has 0 aliphatic heterocycles. The first-order valence-electron chi connectivity index (χ1n) is 5.83. The molecule has 20 heavy (non-hydrogen) atoms. The first-order chi connectivity index (χ1) is 9.58. The maximum atomic E-state index is 11.8. The Bertz CT molecular complexity index is 612. The molecular formula is C13H12N2O4S. The SMILES string of the molecule is O=C(NCC(O)c1ccccc1)c1ccc([N+](=O)[O-])s1. The molecule has 0 aliphatic rings. The molecule has 104 valence electrons. The van der Waals surface area contributed by atoms with E-state index in [4.69, 9.17) is 0 Å². The Hall–Kier alpha value is -2.25. The number of aliphatic hydroxyl groups is 1. The third-order valence-electron chi connectivity index (χ3n) is 2.64. The lowest BCUT2D eigenvalue weighted by Crippen LogP contribution is -2.27. The fourth-order valence-corrected chi connectivity index (χ4v) is 2.35. The van der Waals surface area contributed by atoms with Crippen LogP contribution in [0, 0.1) is 10.1 Å². The summed E-state index contributed by atoms with van der Waals surface area (Å²) in [7, 11) is 0. The van der Waals surface area contributed by atoms with E-state index in [1.807, 2.05) is 6.07 Å². The van der Waals surface area contributed by atoms with Gasteiger partial charge in [0.2, 0.25) is 0 Å². The van der Waals surface area contributed by atoms with E-state index in [9.17, 15) is 20.0 Å². The van der Waals surface area contributed by atoms with Crippen LogP contribution in [0.2, 0.25) is 0 Å². The maximum Gasteiger partial charge on any atom is 0.324 e. The third kappa shape index (κ3) is 3.40. The molecule has 0 saturated carbocycles. The van der Waals surface area contributed by atoms with Gasteiger partial charge in [0, 0.05) is 12.6 Å². The van der Waals surface area contributed by atoms with Gasteiger partial charge < -0.3 is 10.4 Å². The first kappa shape index (κ1) is 14.2. The van der Waals surface area contributed by atoms with E-state index in [0.29, 0.717) is 5.56 Å². The van der Waals surface area contributed by atoms with Crippen molar-refractivity contribution in [1.29, 1.82) is 0 Å². The largest absolute Gasteiger partial charge is 0.387 e. The Morgan fingerprint density at radius 2 is 2.00 bits per heavy atom. The number of nitro groups is 1. The summed E-state index contributed by atoms with van der Waals surface area (Å²) >= 11 is 0.804. The van der Waals surface area contributed by atoms with Crippen molar-refractivity contribution >= 4 is 22.2 Å². The first-order valence-corrected chi connectivity index (χ1v) is 6.65. The number of nitrogens with zero attached hydrogens (tertiary/aromatic N) is 1. The number of nitrogens with one attached hydrogen (secondary N) is 1. The van der Waals surface area contributed by atoms with Crippen molar-refractivity contribution in [3.63, 3.8) is 0 Å². The Labute approximate surface area is 118 Å². The number of aliphatic hydroxyl groups excluding tert-OH is 1. The van der Waals surface area contributed by atoms with Crippen molar-refractivity contribution in [2.75, 3.05) is 6.54 Å².